The van der Waals surface area contributed by atoms with Gasteiger partial charge in [0.1, 0.15) is 0 Å². The molecule has 3 nitrogen and oxygen atoms in total. The van der Waals surface area contributed by atoms with Gasteiger partial charge in [0.05, 0.1) is 5.56 Å². The van der Waals surface area contributed by atoms with Gasteiger partial charge in [-0.25, -0.2) is 0 Å². The molecule has 0 bridgehead atoms. The molecule has 0 unspecified atom stereocenters. The predicted molar refractivity (Wildman–Crippen MR) is 70.5 cm³/mol. The molecule has 1 amide bonds. The van der Waals surface area contributed by atoms with Crippen LogP contribution in [0, 0.1) is 6.92 Å². The highest BCUT2D eigenvalue weighted by atomic mass is 35.5. The fourth-order valence-corrected chi connectivity index (χ4v) is 1.70. The van der Waals surface area contributed by atoms with Crippen molar-refractivity contribution >= 4 is 17.5 Å². The molecule has 0 spiro atoms. The molecule has 0 N–H and O–H groups in total. The Kier molecular flexibility index (Phi) is 5.42. The Hall–Kier alpha value is -1.09. The van der Waals surface area contributed by atoms with Crippen LogP contribution in [0.4, 0.5) is 0 Å². The number of aromatic nitrogens is 1. The SMILES string of the molecule is Cc1ccc(C(=O)N(CCCCl)C(C)C)cn1. The highest BCUT2D eigenvalue weighted by Gasteiger charge is 2.18. The van der Waals surface area contributed by atoms with Crippen molar-refractivity contribution in [2.45, 2.75) is 33.2 Å². The van der Waals surface area contributed by atoms with Crippen LogP contribution in [0.25, 0.3) is 0 Å². The molecule has 1 aromatic heterocycles. The minimum atomic E-state index is 0.0256. The highest BCUT2D eigenvalue weighted by molar-refractivity contribution is 6.17. The van der Waals surface area contributed by atoms with Gasteiger partial charge < -0.3 is 4.90 Å². The Balaban J connectivity index is 2.80. The quantitative estimate of drug-likeness (QED) is 0.757. The number of rotatable bonds is 5. The summed E-state index contributed by atoms with van der Waals surface area (Å²) in [6, 6.07) is 3.85. The molecule has 0 saturated carbocycles. The lowest BCUT2D eigenvalue weighted by Crippen LogP contribution is -2.37. The van der Waals surface area contributed by atoms with Crippen LogP contribution < -0.4 is 0 Å². The van der Waals surface area contributed by atoms with Gasteiger partial charge in [0.25, 0.3) is 5.91 Å². The molecule has 17 heavy (non-hydrogen) atoms. The topological polar surface area (TPSA) is 33.2 Å². The Bertz CT molecular complexity index is 362. The summed E-state index contributed by atoms with van der Waals surface area (Å²) in [5, 5.41) is 0. The van der Waals surface area contributed by atoms with Gasteiger partial charge in [0.15, 0.2) is 0 Å². The molecule has 1 rings (SSSR count). The second-order valence-corrected chi connectivity index (χ2v) is 4.70. The van der Waals surface area contributed by atoms with E-state index in [1.54, 1.807) is 6.20 Å². The maximum Gasteiger partial charge on any atom is 0.255 e. The third-order valence-corrected chi connectivity index (χ3v) is 2.84. The van der Waals surface area contributed by atoms with Gasteiger partial charge in [-0.1, -0.05) is 0 Å². The number of nitrogens with zero attached hydrogens (tertiary/aromatic N) is 2. The van der Waals surface area contributed by atoms with Crippen LogP contribution in [0.2, 0.25) is 0 Å². The molecule has 0 aliphatic rings. The number of aryl methyl sites for hydroxylation is 1. The molecular formula is C13H19ClN2O. The Morgan fingerprint density at radius 1 is 1.47 bits per heavy atom. The number of carbonyl (C=O) groups is 1. The molecule has 0 aliphatic carbocycles. The first-order chi connectivity index (χ1) is 8.06. The second-order valence-electron chi connectivity index (χ2n) is 4.32. The van der Waals surface area contributed by atoms with Crippen molar-refractivity contribution in [1.82, 2.24) is 9.88 Å². The maximum atomic E-state index is 12.2. The number of alkyl halides is 1. The van der Waals surface area contributed by atoms with E-state index >= 15 is 0 Å². The smallest absolute Gasteiger partial charge is 0.255 e. The molecule has 1 heterocycles. The molecule has 0 saturated heterocycles. The largest absolute Gasteiger partial charge is 0.336 e. The lowest BCUT2D eigenvalue weighted by molar-refractivity contribution is 0.0706. The molecule has 0 aromatic carbocycles. The summed E-state index contributed by atoms with van der Waals surface area (Å²) >= 11 is 5.67. The van der Waals surface area contributed by atoms with Gasteiger partial charge in [-0.05, 0) is 39.3 Å². The number of pyridine rings is 1. The molecule has 0 radical (unpaired) electrons. The Morgan fingerprint density at radius 2 is 2.18 bits per heavy atom. The number of hydrogen-bond donors (Lipinski definition) is 0. The minimum Gasteiger partial charge on any atom is -0.336 e. The summed E-state index contributed by atoms with van der Waals surface area (Å²) in [5.74, 6) is 0.598. The van der Waals surface area contributed by atoms with Crippen molar-refractivity contribution < 1.29 is 4.79 Å². The summed E-state index contributed by atoms with van der Waals surface area (Å²) < 4.78 is 0. The van der Waals surface area contributed by atoms with Crippen molar-refractivity contribution in [1.29, 1.82) is 0 Å². The van der Waals surface area contributed by atoms with Gasteiger partial charge in [-0.15, -0.1) is 11.6 Å². The standard InChI is InChI=1S/C13H19ClN2O/c1-10(2)16(8-4-7-14)13(17)12-6-5-11(3)15-9-12/h5-6,9-10H,4,7-8H2,1-3H3. The van der Waals surface area contributed by atoms with E-state index < -0.39 is 0 Å². The molecule has 0 fully saturated rings. The molecule has 1 aromatic rings. The number of hydrogen-bond acceptors (Lipinski definition) is 2. The Labute approximate surface area is 108 Å². The van der Waals surface area contributed by atoms with Crippen LogP contribution in [-0.2, 0) is 0 Å². The number of halogens is 1. The van der Waals surface area contributed by atoms with Gasteiger partial charge in [0.2, 0.25) is 0 Å². The third kappa shape index (κ3) is 4.00. The van der Waals surface area contributed by atoms with E-state index in [9.17, 15) is 4.79 Å². The van der Waals surface area contributed by atoms with Gasteiger partial charge in [-0.3, -0.25) is 9.78 Å². The van der Waals surface area contributed by atoms with Crippen molar-refractivity contribution in [2.24, 2.45) is 0 Å². The fourth-order valence-electron chi connectivity index (χ4n) is 1.58. The average molecular weight is 255 g/mol. The van der Waals surface area contributed by atoms with Crippen LogP contribution >= 0.6 is 11.6 Å². The van der Waals surface area contributed by atoms with Crippen LogP contribution in [-0.4, -0.2) is 34.3 Å². The van der Waals surface area contributed by atoms with E-state index in [2.05, 4.69) is 4.98 Å². The highest BCUT2D eigenvalue weighted by Crippen LogP contribution is 2.09. The fraction of sp³-hybridized carbons (Fsp3) is 0.538. The zero-order chi connectivity index (χ0) is 12.8. The van der Waals surface area contributed by atoms with Crippen molar-refractivity contribution in [3.8, 4) is 0 Å². The van der Waals surface area contributed by atoms with Crippen molar-refractivity contribution in [3.63, 3.8) is 0 Å². The first-order valence-electron chi connectivity index (χ1n) is 5.86. The number of carbonyl (C=O) groups excluding carboxylic acids is 1. The second kappa shape index (κ2) is 6.60. The molecule has 94 valence electrons. The minimum absolute atomic E-state index is 0.0256. The van der Waals surface area contributed by atoms with Gasteiger partial charge in [0, 0.05) is 30.4 Å². The molecule has 4 heteroatoms. The molecular weight excluding hydrogens is 236 g/mol. The lowest BCUT2D eigenvalue weighted by atomic mass is 10.2. The van der Waals surface area contributed by atoms with Gasteiger partial charge >= 0.3 is 0 Å². The summed E-state index contributed by atoms with van der Waals surface area (Å²) in [7, 11) is 0. The Morgan fingerprint density at radius 3 is 2.65 bits per heavy atom. The first kappa shape index (κ1) is 14.0. The van der Waals surface area contributed by atoms with Crippen molar-refractivity contribution in [3.05, 3.63) is 29.6 Å². The third-order valence-electron chi connectivity index (χ3n) is 2.58. The van der Waals surface area contributed by atoms with Crippen LogP contribution in [0.1, 0.15) is 36.3 Å². The van der Waals surface area contributed by atoms with E-state index in [0.717, 1.165) is 12.1 Å². The van der Waals surface area contributed by atoms with E-state index in [0.29, 0.717) is 18.0 Å². The van der Waals surface area contributed by atoms with E-state index in [4.69, 9.17) is 11.6 Å². The van der Waals surface area contributed by atoms with Crippen LogP contribution in [0.3, 0.4) is 0 Å². The summed E-state index contributed by atoms with van der Waals surface area (Å²) in [5.41, 5.74) is 1.55. The number of amides is 1. The van der Waals surface area contributed by atoms with Crippen molar-refractivity contribution in [2.75, 3.05) is 12.4 Å². The van der Waals surface area contributed by atoms with Gasteiger partial charge in [-0.2, -0.15) is 0 Å². The maximum absolute atomic E-state index is 12.2. The lowest BCUT2D eigenvalue weighted by Gasteiger charge is -2.26. The van der Waals surface area contributed by atoms with Crippen LogP contribution in [0.15, 0.2) is 18.3 Å². The van der Waals surface area contributed by atoms with E-state index in [1.165, 1.54) is 0 Å². The average Bonchev–Trinajstić information content (AvgIpc) is 2.29. The molecule has 0 aliphatic heterocycles. The monoisotopic (exact) mass is 254 g/mol. The summed E-state index contributed by atoms with van der Waals surface area (Å²) in [4.78, 5) is 18.2. The first-order valence-corrected chi connectivity index (χ1v) is 6.39. The zero-order valence-electron chi connectivity index (χ0n) is 10.6. The van der Waals surface area contributed by atoms with Crippen LogP contribution in [0.5, 0.6) is 0 Å². The summed E-state index contributed by atoms with van der Waals surface area (Å²) in [6.45, 7) is 6.61. The molecule has 0 atom stereocenters. The normalized spacial score (nSPS) is 10.6. The predicted octanol–water partition coefficient (Wildman–Crippen LogP) is 2.87. The van der Waals surface area contributed by atoms with E-state index in [-0.39, 0.29) is 11.9 Å². The summed E-state index contributed by atoms with van der Waals surface area (Å²) in [6.07, 6.45) is 2.44. The van der Waals surface area contributed by atoms with E-state index in [1.807, 2.05) is 37.8 Å². The zero-order valence-corrected chi connectivity index (χ0v) is 11.4.